The number of rotatable bonds is 3. The molecule has 0 fully saturated rings. The summed E-state index contributed by atoms with van der Waals surface area (Å²) in [4.78, 5) is 4.73. The fourth-order valence-corrected chi connectivity index (χ4v) is 3.79. The maximum absolute atomic E-state index is 14.9. The van der Waals surface area contributed by atoms with Crippen molar-refractivity contribution in [1.29, 1.82) is 0 Å². The highest BCUT2D eigenvalue weighted by Crippen LogP contribution is 2.26. The van der Waals surface area contributed by atoms with E-state index in [1.54, 1.807) is 0 Å². The summed E-state index contributed by atoms with van der Waals surface area (Å²) < 4.78 is 17.1. The van der Waals surface area contributed by atoms with Crippen molar-refractivity contribution in [3.63, 3.8) is 0 Å². The first-order chi connectivity index (χ1) is 12.2. The second-order valence-electron chi connectivity index (χ2n) is 6.71. The van der Waals surface area contributed by atoms with E-state index in [0.717, 1.165) is 53.2 Å². The van der Waals surface area contributed by atoms with Crippen molar-refractivity contribution < 1.29 is 4.48 Å². The first-order valence-corrected chi connectivity index (χ1v) is 9.19. The molecular weight excluding hydrogens is 337 g/mol. The molecule has 3 nitrogen and oxygen atoms in total. The second-order valence-corrected chi connectivity index (χ2v) is 7.15. The van der Waals surface area contributed by atoms with Crippen LogP contribution in [0.5, 0.6) is 0 Å². The lowest BCUT2D eigenvalue weighted by Crippen LogP contribution is -2.33. The molecular formula is C20H21ClFN3. The zero-order valence-electron chi connectivity index (χ0n) is 14.0. The van der Waals surface area contributed by atoms with Gasteiger partial charge in [0.2, 0.25) is 0 Å². The zero-order chi connectivity index (χ0) is 17.2. The molecule has 0 spiro atoms. The summed E-state index contributed by atoms with van der Waals surface area (Å²) in [6.45, 7) is 0.941. The number of hydrogen-bond acceptors (Lipinski definition) is 2. The minimum absolute atomic E-state index is 0.146. The van der Waals surface area contributed by atoms with E-state index in [1.807, 2.05) is 48.5 Å². The van der Waals surface area contributed by atoms with Crippen LogP contribution in [0.1, 0.15) is 30.7 Å². The first kappa shape index (κ1) is 16.6. The lowest BCUT2D eigenvalue weighted by atomic mass is 10.0. The quantitative estimate of drug-likeness (QED) is 0.603. The number of imidazole rings is 1. The van der Waals surface area contributed by atoms with Gasteiger partial charge in [0, 0.05) is 18.0 Å². The molecule has 4 rings (SSSR count). The van der Waals surface area contributed by atoms with Gasteiger partial charge in [-0.15, -0.1) is 9.60 Å². The van der Waals surface area contributed by atoms with Crippen molar-refractivity contribution in [1.82, 2.24) is 14.7 Å². The molecule has 0 bridgehead atoms. The van der Waals surface area contributed by atoms with Gasteiger partial charge in [-0.05, 0) is 36.6 Å². The molecule has 0 amide bonds. The van der Waals surface area contributed by atoms with Crippen molar-refractivity contribution in [2.45, 2.75) is 44.8 Å². The van der Waals surface area contributed by atoms with E-state index < -0.39 is 0 Å². The third kappa shape index (κ3) is 3.55. The van der Waals surface area contributed by atoms with Crippen LogP contribution in [-0.4, -0.2) is 20.7 Å². The lowest BCUT2D eigenvalue weighted by molar-refractivity contribution is -0.0424. The maximum atomic E-state index is 14.9. The van der Waals surface area contributed by atoms with Crippen molar-refractivity contribution in [3.05, 3.63) is 64.9 Å². The minimum Gasteiger partial charge on any atom is -0.326 e. The van der Waals surface area contributed by atoms with Crippen LogP contribution >= 0.6 is 11.6 Å². The Morgan fingerprint density at radius 2 is 2.00 bits per heavy atom. The number of aromatic nitrogens is 2. The predicted octanol–water partition coefficient (Wildman–Crippen LogP) is 5.17. The summed E-state index contributed by atoms with van der Waals surface area (Å²) in [6.07, 6.45) is 3.84. The van der Waals surface area contributed by atoms with Crippen molar-refractivity contribution in [3.8, 4) is 0 Å². The lowest BCUT2D eigenvalue weighted by Gasteiger charge is -2.27. The average molecular weight is 358 g/mol. The molecule has 2 heterocycles. The Morgan fingerprint density at radius 3 is 2.84 bits per heavy atom. The Kier molecular flexibility index (Phi) is 4.73. The van der Waals surface area contributed by atoms with Gasteiger partial charge in [0.15, 0.2) is 0 Å². The van der Waals surface area contributed by atoms with Gasteiger partial charge in [-0.3, -0.25) is 0 Å². The molecule has 5 heteroatoms. The number of benzene rings is 2. The molecule has 130 valence electrons. The molecule has 25 heavy (non-hydrogen) atoms. The highest BCUT2D eigenvalue weighted by molar-refractivity contribution is 6.31. The van der Waals surface area contributed by atoms with Gasteiger partial charge < -0.3 is 4.57 Å². The van der Waals surface area contributed by atoms with Crippen LogP contribution < -0.4 is 0 Å². The van der Waals surface area contributed by atoms with E-state index in [4.69, 9.17) is 16.6 Å². The fourth-order valence-electron chi connectivity index (χ4n) is 3.63. The number of halogens is 2. The molecule has 0 N–H and O–H groups in total. The standard InChI is InChI=1S/C20H21ClFN3/c21-16-10-11-19-18(12-16)23-20-9-5-4-8-17(14-24(19)20)25(22)13-15-6-2-1-3-7-15/h1-3,6-7,10-12,17H,4-5,8-9,13-14H2. The first-order valence-electron chi connectivity index (χ1n) is 8.82. The summed E-state index contributed by atoms with van der Waals surface area (Å²) >= 11 is 6.10. The van der Waals surface area contributed by atoms with E-state index in [2.05, 4.69) is 4.57 Å². The van der Waals surface area contributed by atoms with Gasteiger partial charge in [0.05, 0.1) is 23.6 Å². The molecule has 1 aromatic heterocycles. The largest absolute Gasteiger partial charge is 0.326 e. The van der Waals surface area contributed by atoms with Crippen molar-refractivity contribution in [2.75, 3.05) is 0 Å². The number of fused-ring (bicyclic) bond motifs is 3. The molecule has 1 aliphatic heterocycles. The van der Waals surface area contributed by atoms with Crippen LogP contribution in [0.2, 0.25) is 5.02 Å². The van der Waals surface area contributed by atoms with Crippen molar-refractivity contribution >= 4 is 22.6 Å². The number of hydrogen-bond donors (Lipinski definition) is 0. The molecule has 2 aromatic carbocycles. The van der Waals surface area contributed by atoms with Crippen LogP contribution in [-0.2, 0) is 19.5 Å². The fraction of sp³-hybridized carbons (Fsp3) is 0.350. The molecule has 0 saturated carbocycles. The molecule has 0 aliphatic carbocycles. The van der Waals surface area contributed by atoms with Gasteiger partial charge in [-0.2, -0.15) is 0 Å². The third-order valence-corrected chi connectivity index (χ3v) is 5.18. The van der Waals surface area contributed by atoms with E-state index in [1.165, 1.54) is 0 Å². The Morgan fingerprint density at radius 1 is 1.16 bits per heavy atom. The van der Waals surface area contributed by atoms with Gasteiger partial charge >= 0.3 is 0 Å². The highest BCUT2D eigenvalue weighted by Gasteiger charge is 2.24. The summed E-state index contributed by atoms with van der Waals surface area (Å²) in [5.41, 5.74) is 2.94. The Hall–Kier alpha value is -1.91. The van der Waals surface area contributed by atoms with Gasteiger partial charge in [-0.1, -0.05) is 48.4 Å². The van der Waals surface area contributed by atoms with Gasteiger partial charge in [0.25, 0.3) is 0 Å². The third-order valence-electron chi connectivity index (χ3n) is 4.94. The van der Waals surface area contributed by atoms with E-state index in [9.17, 15) is 4.48 Å². The minimum atomic E-state index is -0.146. The van der Waals surface area contributed by atoms with Gasteiger partial charge in [0.1, 0.15) is 5.82 Å². The van der Waals surface area contributed by atoms with Crippen LogP contribution in [0, 0.1) is 0 Å². The topological polar surface area (TPSA) is 21.1 Å². The van der Waals surface area contributed by atoms with Crippen LogP contribution in [0.3, 0.4) is 0 Å². The van der Waals surface area contributed by atoms with Crippen LogP contribution in [0.4, 0.5) is 4.48 Å². The monoisotopic (exact) mass is 357 g/mol. The molecule has 3 aromatic rings. The SMILES string of the molecule is FN(Cc1ccccc1)C1CCCCc2nc3cc(Cl)ccc3n2C1. The second kappa shape index (κ2) is 7.14. The summed E-state index contributed by atoms with van der Waals surface area (Å²) in [5, 5.41) is 1.68. The van der Waals surface area contributed by atoms with Crippen LogP contribution in [0.25, 0.3) is 11.0 Å². The predicted molar refractivity (Wildman–Crippen MR) is 99.2 cm³/mol. The molecule has 0 radical (unpaired) electrons. The molecule has 0 saturated heterocycles. The van der Waals surface area contributed by atoms with E-state index in [0.29, 0.717) is 18.1 Å². The van der Waals surface area contributed by atoms with E-state index >= 15 is 0 Å². The normalized spacial score (nSPS) is 18.1. The summed E-state index contributed by atoms with van der Waals surface area (Å²) in [6, 6.07) is 15.4. The number of aryl methyl sites for hydroxylation is 1. The number of nitrogens with zero attached hydrogens (tertiary/aromatic N) is 3. The Labute approximate surface area is 152 Å². The summed E-state index contributed by atoms with van der Waals surface area (Å²) in [7, 11) is 0. The Bertz CT molecular complexity index is 862. The van der Waals surface area contributed by atoms with Crippen molar-refractivity contribution in [2.24, 2.45) is 0 Å². The summed E-state index contributed by atoms with van der Waals surface area (Å²) in [5.74, 6) is 1.04. The van der Waals surface area contributed by atoms with Gasteiger partial charge in [-0.25, -0.2) is 4.98 Å². The van der Waals surface area contributed by atoms with E-state index in [-0.39, 0.29) is 6.04 Å². The average Bonchev–Trinajstić information content (AvgIpc) is 2.91. The highest BCUT2D eigenvalue weighted by atomic mass is 35.5. The molecule has 1 aliphatic rings. The molecule has 1 unspecified atom stereocenters. The maximum Gasteiger partial charge on any atom is 0.109 e. The zero-order valence-corrected chi connectivity index (χ0v) is 14.8. The molecule has 1 atom stereocenters. The Balaban J connectivity index is 1.62. The smallest absolute Gasteiger partial charge is 0.109 e. The van der Waals surface area contributed by atoms with Crippen LogP contribution in [0.15, 0.2) is 48.5 Å².